The Hall–Kier alpha value is -1.78. The van der Waals surface area contributed by atoms with Crippen LogP contribution in [0, 0.1) is 6.92 Å². The van der Waals surface area contributed by atoms with Gasteiger partial charge in [0.25, 0.3) is 0 Å². The molecule has 3 N–H and O–H groups in total. The molecule has 1 amide bonds. The number of primary amides is 1. The summed E-state index contributed by atoms with van der Waals surface area (Å²) >= 11 is 0. The van der Waals surface area contributed by atoms with E-state index in [0.29, 0.717) is 11.4 Å². The number of aromatic nitrogens is 1. The number of anilines is 1. The van der Waals surface area contributed by atoms with Crippen LogP contribution in [-0.2, 0) is 4.79 Å². The number of nitrogens with two attached hydrogens (primary N) is 1. The van der Waals surface area contributed by atoms with E-state index in [0.717, 1.165) is 5.69 Å². The van der Waals surface area contributed by atoms with Gasteiger partial charge in [-0.1, -0.05) is 0 Å². The topological polar surface area (TPSA) is 77.2 Å². The number of hydrogen-bond acceptors (Lipinski definition) is 4. The first kappa shape index (κ1) is 12.3. The van der Waals surface area contributed by atoms with Gasteiger partial charge in [-0.25, -0.2) is 0 Å². The molecule has 0 aliphatic carbocycles. The summed E-state index contributed by atoms with van der Waals surface area (Å²) in [6, 6.07) is 1.81. The quantitative estimate of drug-likeness (QED) is 0.800. The molecule has 0 radical (unpaired) electrons. The first-order valence-corrected chi connectivity index (χ1v) is 4.95. The van der Waals surface area contributed by atoms with Gasteiger partial charge >= 0.3 is 0 Å². The lowest BCUT2D eigenvalue weighted by Gasteiger charge is -2.24. The van der Waals surface area contributed by atoms with Gasteiger partial charge < -0.3 is 15.8 Å². The molecule has 16 heavy (non-hydrogen) atoms. The van der Waals surface area contributed by atoms with E-state index in [1.165, 1.54) is 0 Å². The second-order valence-electron chi connectivity index (χ2n) is 4.14. The third kappa shape index (κ3) is 2.62. The summed E-state index contributed by atoms with van der Waals surface area (Å²) in [5.74, 6) is 0.156. The number of nitrogens with zero attached hydrogens (tertiary/aromatic N) is 1. The van der Waals surface area contributed by atoms with Crippen molar-refractivity contribution in [3.63, 3.8) is 0 Å². The van der Waals surface area contributed by atoms with Crippen molar-refractivity contribution in [2.45, 2.75) is 26.3 Å². The molecular formula is C11H17N3O2. The number of ether oxygens (including phenoxy) is 1. The predicted molar refractivity (Wildman–Crippen MR) is 62.4 cm³/mol. The number of aryl methyl sites for hydroxylation is 1. The second-order valence-corrected chi connectivity index (χ2v) is 4.14. The summed E-state index contributed by atoms with van der Waals surface area (Å²) in [6.07, 6.45) is 1.61. The van der Waals surface area contributed by atoms with E-state index in [2.05, 4.69) is 10.3 Å². The Labute approximate surface area is 95.0 Å². The standard InChI is InChI=1S/C11H17N3O2/c1-7-5-8(9(16-4)6-13-7)14-11(2,3)10(12)15/h5-6H,1-4H3,(H2,12,15)(H,13,14). The smallest absolute Gasteiger partial charge is 0.242 e. The zero-order valence-corrected chi connectivity index (χ0v) is 10.00. The fraction of sp³-hybridized carbons (Fsp3) is 0.455. The lowest BCUT2D eigenvalue weighted by molar-refractivity contribution is -0.121. The Bertz CT molecular complexity index is 402. The number of pyridine rings is 1. The second kappa shape index (κ2) is 4.38. The monoisotopic (exact) mass is 223 g/mol. The van der Waals surface area contributed by atoms with Gasteiger partial charge in [0.2, 0.25) is 5.91 Å². The van der Waals surface area contributed by atoms with Gasteiger partial charge in [0.05, 0.1) is 19.0 Å². The molecule has 5 nitrogen and oxygen atoms in total. The maximum atomic E-state index is 11.2. The highest BCUT2D eigenvalue weighted by atomic mass is 16.5. The van der Waals surface area contributed by atoms with Crippen LogP contribution in [0.3, 0.4) is 0 Å². The third-order valence-electron chi connectivity index (χ3n) is 2.29. The van der Waals surface area contributed by atoms with Gasteiger partial charge in [-0.3, -0.25) is 9.78 Å². The minimum Gasteiger partial charge on any atom is -0.493 e. The van der Waals surface area contributed by atoms with Crippen molar-refractivity contribution in [3.05, 3.63) is 18.0 Å². The van der Waals surface area contributed by atoms with E-state index in [9.17, 15) is 4.79 Å². The van der Waals surface area contributed by atoms with Crippen molar-refractivity contribution in [1.29, 1.82) is 0 Å². The Balaban J connectivity index is 3.04. The first-order chi connectivity index (χ1) is 7.36. The average molecular weight is 223 g/mol. The van der Waals surface area contributed by atoms with Crippen LogP contribution in [0.15, 0.2) is 12.3 Å². The molecular weight excluding hydrogens is 206 g/mol. The molecule has 5 heteroatoms. The Morgan fingerprint density at radius 3 is 2.69 bits per heavy atom. The third-order valence-corrected chi connectivity index (χ3v) is 2.29. The summed E-state index contributed by atoms with van der Waals surface area (Å²) in [4.78, 5) is 15.3. The van der Waals surface area contributed by atoms with Crippen LogP contribution in [0.5, 0.6) is 5.75 Å². The van der Waals surface area contributed by atoms with Gasteiger partial charge in [-0.15, -0.1) is 0 Å². The molecule has 0 aliphatic heterocycles. The van der Waals surface area contributed by atoms with E-state index in [4.69, 9.17) is 10.5 Å². The first-order valence-electron chi connectivity index (χ1n) is 4.95. The summed E-state index contributed by atoms with van der Waals surface area (Å²) in [5, 5.41) is 3.04. The molecule has 0 aromatic carbocycles. The maximum Gasteiger partial charge on any atom is 0.242 e. The van der Waals surface area contributed by atoms with E-state index < -0.39 is 11.4 Å². The van der Waals surface area contributed by atoms with Crippen molar-refractivity contribution < 1.29 is 9.53 Å². The van der Waals surface area contributed by atoms with E-state index in [1.54, 1.807) is 27.2 Å². The van der Waals surface area contributed by atoms with Gasteiger partial charge in [0.15, 0.2) is 5.75 Å². The zero-order valence-electron chi connectivity index (χ0n) is 10.00. The summed E-state index contributed by atoms with van der Waals surface area (Å²) < 4.78 is 5.15. The highest BCUT2D eigenvalue weighted by Gasteiger charge is 2.25. The highest BCUT2D eigenvalue weighted by molar-refractivity contribution is 5.87. The molecule has 0 bridgehead atoms. The fourth-order valence-electron chi connectivity index (χ4n) is 1.21. The maximum absolute atomic E-state index is 11.2. The molecule has 0 saturated heterocycles. The summed E-state index contributed by atoms with van der Waals surface area (Å²) in [6.45, 7) is 5.29. The van der Waals surface area contributed by atoms with Crippen molar-refractivity contribution in [1.82, 2.24) is 4.98 Å². The van der Waals surface area contributed by atoms with Crippen molar-refractivity contribution >= 4 is 11.6 Å². The average Bonchev–Trinajstić information content (AvgIpc) is 2.17. The fourth-order valence-corrected chi connectivity index (χ4v) is 1.21. The largest absolute Gasteiger partial charge is 0.493 e. The molecule has 0 unspecified atom stereocenters. The lowest BCUT2D eigenvalue weighted by atomic mass is 10.0. The number of methoxy groups -OCH3 is 1. The number of hydrogen-bond donors (Lipinski definition) is 2. The van der Waals surface area contributed by atoms with E-state index in [-0.39, 0.29) is 0 Å². The van der Waals surface area contributed by atoms with E-state index >= 15 is 0 Å². The summed E-state index contributed by atoms with van der Waals surface area (Å²) in [7, 11) is 1.55. The van der Waals surface area contributed by atoms with Crippen LogP contribution in [-0.4, -0.2) is 23.5 Å². The normalized spacial score (nSPS) is 11.0. The van der Waals surface area contributed by atoms with Crippen LogP contribution in [0.2, 0.25) is 0 Å². The van der Waals surface area contributed by atoms with Crippen molar-refractivity contribution in [2.75, 3.05) is 12.4 Å². The van der Waals surface area contributed by atoms with Crippen LogP contribution in [0.1, 0.15) is 19.5 Å². The number of carbonyl (C=O) groups is 1. The van der Waals surface area contributed by atoms with Crippen LogP contribution in [0.25, 0.3) is 0 Å². The molecule has 0 spiro atoms. The molecule has 1 aromatic heterocycles. The van der Waals surface area contributed by atoms with Gasteiger partial charge in [-0.2, -0.15) is 0 Å². The SMILES string of the molecule is COc1cnc(C)cc1NC(C)(C)C(N)=O. The van der Waals surface area contributed by atoms with Crippen molar-refractivity contribution in [3.8, 4) is 5.75 Å². The van der Waals surface area contributed by atoms with Crippen LogP contribution < -0.4 is 15.8 Å². The van der Waals surface area contributed by atoms with Crippen LogP contribution in [0.4, 0.5) is 5.69 Å². The molecule has 0 atom stereocenters. The minimum absolute atomic E-state index is 0.427. The van der Waals surface area contributed by atoms with Gasteiger partial charge in [0.1, 0.15) is 5.54 Å². The molecule has 1 aromatic rings. The predicted octanol–water partition coefficient (Wildman–Crippen LogP) is 1.07. The molecule has 0 saturated carbocycles. The lowest BCUT2D eigenvalue weighted by Crippen LogP contribution is -2.45. The molecule has 0 fully saturated rings. The number of nitrogens with one attached hydrogen (secondary N) is 1. The number of carbonyl (C=O) groups excluding carboxylic acids is 1. The number of amides is 1. The Morgan fingerprint density at radius 1 is 1.56 bits per heavy atom. The van der Waals surface area contributed by atoms with Gasteiger partial charge in [0, 0.05) is 5.69 Å². The Kier molecular flexibility index (Phi) is 3.37. The van der Waals surface area contributed by atoms with Crippen LogP contribution >= 0.6 is 0 Å². The molecule has 88 valence electrons. The molecule has 1 heterocycles. The minimum atomic E-state index is -0.832. The van der Waals surface area contributed by atoms with Crippen molar-refractivity contribution in [2.24, 2.45) is 5.73 Å². The highest BCUT2D eigenvalue weighted by Crippen LogP contribution is 2.26. The van der Waals surface area contributed by atoms with E-state index in [1.807, 2.05) is 13.0 Å². The Morgan fingerprint density at radius 2 is 2.19 bits per heavy atom. The summed E-state index contributed by atoms with van der Waals surface area (Å²) in [5.41, 5.74) is 6.00. The number of rotatable bonds is 4. The molecule has 1 rings (SSSR count). The zero-order chi connectivity index (χ0) is 12.3. The molecule has 0 aliphatic rings. The van der Waals surface area contributed by atoms with Gasteiger partial charge in [-0.05, 0) is 26.8 Å².